The number of aliphatic carboxylic acids is 1. The number of pyridine rings is 1. The van der Waals surface area contributed by atoms with Crippen LogP contribution in [0.2, 0.25) is 5.02 Å². The minimum atomic E-state index is -0.939. The zero-order chi connectivity index (χ0) is 12.3. The van der Waals surface area contributed by atoms with Gasteiger partial charge in [-0.25, -0.2) is 0 Å². The molecule has 4 heteroatoms. The minimum Gasteiger partial charge on any atom is -0.481 e. The lowest BCUT2D eigenvalue weighted by Crippen LogP contribution is -2.13. The molecule has 0 bridgehead atoms. The summed E-state index contributed by atoms with van der Waals surface area (Å²) in [4.78, 5) is 15.3. The van der Waals surface area contributed by atoms with Gasteiger partial charge in [-0.05, 0) is 23.3 Å². The highest BCUT2D eigenvalue weighted by molar-refractivity contribution is 6.31. The van der Waals surface area contributed by atoms with Crippen LogP contribution in [0.25, 0.3) is 0 Å². The van der Waals surface area contributed by atoms with E-state index in [0.717, 1.165) is 0 Å². The summed E-state index contributed by atoms with van der Waals surface area (Å²) >= 11 is 6.03. The molecule has 3 nitrogen and oxygen atoms in total. The van der Waals surface area contributed by atoms with Gasteiger partial charge >= 0.3 is 5.97 Å². The van der Waals surface area contributed by atoms with Gasteiger partial charge in [-0.15, -0.1) is 0 Å². The number of carbonyl (C=O) groups is 1. The summed E-state index contributed by atoms with van der Waals surface area (Å²) in [5.74, 6) is -1.72. The van der Waals surface area contributed by atoms with Gasteiger partial charge < -0.3 is 5.11 Å². The molecule has 17 heavy (non-hydrogen) atoms. The molecule has 1 unspecified atom stereocenters. The molecule has 0 radical (unpaired) electrons. The maximum Gasteiger partial charge on any atom is 0.315 e. The SMILES string of the molecule is O=C(O)C(c1cccnc1)c1ccccc1Cl. The zero-order valence-electron chi connectivity index (χ0n) is 8.88. The molecule has 0 amide bonds. The Balaban J connectivity index is 2.51. The first-order chi connectivity index (χ1) is 8.20. The minimum absolute atomic E-state index is 0.448. The average Bonchev–Trinajstić information content (AvgIpc) is 2.33. The molecule has 0 aliphatic carbocycles. The van der Waals surface area contributed by atoms with Crippen LogP contribution in [0.15, 0.2) is 48.8 Å². The van der Waals surface area contributed by atoms with Gasteiger partial charge in [-0.2, -0.15) is 0 Å². The molecule has 86 valence electrons. The van der Waals surface area contributed by atoms with E-state index in [1.165, 1.54) is 0 Å². The van der Waals surface area contributed by atoms with Crippen molar-refractivity contribution in [1.29, 1.82) is 0 Å². The quantitative estimate of drug-likeness (QED) is 0.907. The lowest BCUT2D eigenvalue weighted by molar-refractivity contribution is -0.137. The molecular formula is C13H10ClNO2. The number of rotatable bonds is 3. The van der Waals surface area contributed by atoms with Gasteiger partial charge in [-0.1, -0.05) is 35.9 Å². The van der Waals surface area contributed by atoms with Crippen LogP contribution >= 0.6 is 11.6 Å². The van der Waals surface area contributed by atoms with Crippen molar-refractivity contribution in [2.24, 2.45) is 0 Å². The van der Waals surface area contributed by atoms with E-state index in [1.807, 2.05) is 0 Å². The van der Waals surface area contributed by atoms with E-state index in [9.17, 15) is 9.90 Å². The van der Waals surface area contributed by atoms with E-state index in [-0.39, 0.29) is 0 Å². The van der Waals surface area contributed by atoms with Crippen molar-refractivity contribution in [1.82, 2.24) is 4.98 Å². The van der Waals surface area contributed by atoms with Crippen LogP contribution in [0.3, 0.4) is 0 Å². The predicted octanol–water partition coefficient (Wildman–Crippen LogP) is 2.95. The van der Waals surface area contributed by atoms with Gasteiger partial charge in [0, 0.05) is 17.4 Å². The van der Waals surface area contributed by atoms with Gasteiger partial charge in [0.05, 0.1) is 0 Å². The molecule has 0 saturated carbocycles. The summed E-state index contributed by atoms with van der Waals surface area (Å²) in [5, 5.41) is 9.77. The standard InChI is InChI=1S/C13H10ClNO2/c14-11-6-2-1-5-10(11)12(13(16)17)9-4-3-7-15-8-9/h1-8,12H,(H,16,17). The maximum absolute atomic E-state index is 11.4. The largest absolute Gasteiger partial charge is 0.481 e. The summed E-state index contributed by atoms with van der Waals surface area (Å²) in [6.07, 6.45) is 3.15. The van der Waals surface area contributed by atoms with Crippen molar-refractivity contribution in [3.05, 3.63) is 64.9 Å². The molecule has 2 aromatic rings. The number of halogens is 1. The molecular weight excluding hydrogens is 238 g/mol. The fourth-order valence-electron chi connectivity index (χ4n) is 1.71. The van der Waals surface area contributed by atoms with Crippen molar-refractivity contribution < 1.29 is 9.90 Å². The fourth-order valence-corrected chi connectivity index (χ4v) is 1.96. The van der Waals surface area contributed by atoms with Crippen LogP contribution in [0.1, 0.15) is 17.0 Å². The molecule has 1 N–H and O–H groups in total. The highest BCUT2D eigenvalue weighted by atomic mass is 35.5. The van der Waals surface area contributed by atoms with Crippen LogP contribution < -0.4 is 0 Å². The van der Waals surface area contributed by atoms with Crippen molar-refractivity contribution in [2.75, 3.05) is 0 Å². The topological polar surface area (TPSA) is 50.2 Å². The first-order valence-corrected chi connectivity index (χ1v) is 5.45. The summed E-state index contributed by atoms with van der Waals surface area (Å²) in [5.41, 5.74) is 1.20. The predicted molar refractivity (Wildman–Crippen MR) is 65.2 cm³/mol. The summed E-state index contributed by atoms with van der Waals surface area (Å²) in [7, 11) is 0. The second-order valence-corrected chi connectivity index (χ2v) is 3.99. The molecule has 0 aliphatic rings. The Morgan fingerprint density at radius 3 is 2.59 bits per heavy atom. The summed E-state index contributed by atoms with van der Waals surface area (Å²) < 4.78 is 0. The molecule has 1 aromatic heterocycles. The van der Waals surface area contributed by atoms with Gasteiger partial charge in [-0.3, -0.25) is 9.78 Å². The third-order valence-electron chi connectivity index (χ3n) is 2.48. The first-order valence-electron chi connectivity index (χ1n) is 5.07. The number of aromatic nitrogens is 1. The van der Waals surface area contributed by atoms with Gasteiger partial charge in [0.15, 0.2) is 0 Å². The normalized spacial score (nSPS) is 12.1. The van der Waals surface area contributed by atoms with Gasteiger partial charge in [0.1, 0.15) is 5.92 Å². The Hall–Kier alpha value is -1.87. The molecule has 0 spiro atoms. The highest BCUT2D eigenvalue weighted by Crippen LogP contribution is 2.29. The van der Waals surface area contributed by atoms with Crippen LogP contribution in [0.4, 0.5) is 0 Å². The molecule has 1 aromatic carbocycles. The van der Waals surface area contributed by atoms with E-state index < -0.39 is 11.9 Å². The van der Waals surface area contributed by atoms with E-state index >= 15 is 0 Å². The number of nitrogens with zero attached hydrogens (tertiary/aromatic N) is 1. The Kier molecular flexibility index (Phi) is 3.40. The number of carboxylic acids is 1. The Labute approximate surface area is 104 Å². The Bertz CT molecular complexity index is 528. The second kappa shape index (κ2) is 4.97. The third-order valence-corrected chi connectivity index (χ3v) is 2.83. The molecule has 0 fully saturated rings. The van der Waals surface area contributed by atoms with Gasteiger partial charge in [0.2, 0.25) is 0 Å². The number of hydrogen-bond acceptors (Lipinski definition) is 2. The molecule has 1 atom stereocenters. The van der Waals surface area contributed by atoms with Crippen LogP contribution in [-0.4, -0.2) is 16.1 Å². The lowest BCUT2D eigenvalue weighted by Gasteiger charge is -2.14. The van der Waals surface area contributed by atoms with E-state index in [0.29, 0.717) is 16.1 Å². The fraction of sp³-hybridized carbons (Fsp3) is 0.0769. The molecule has 0 aliphatic heterocycles. The average molecular weight is 248 g/mol. The van der Waals surface area contributed by atoms with Crippen molar-refractivity contribution in [3.63, 3.8) is 0 Å². The zero-order valence-corrected chi connectivity index (χ0v) is 9.63. The van der Waals surface area contributed by atoms with E-state index in [4.69, 9.17) is 11.6 Å². The van der Waals surface area contributed by atoms with E-state index in [1.54, 1.807) is 48.8 Å². The van der Waals surface area contributed by atoms with Gasteiger partial charge in [0.25, 0.3) is 0 Å². The number of hydrogen-bond donors (Lipinski definition) is 1. The van der Waals surface area contributed by atoms with Crippen molar-refractivity contribution in [2.45, 2.75) is 5.92 Å². The number of benzene rings is 1. The molecule has 1 heterocycles. The molecule has 2 rings (SSSR count). The second-order valence-electron chi connectivity index (χ2n) is 3.58. The Morgan fingerprint density at radius 1 is 1.24 bits per heavy atom. The van der Waals surface area contributed by atoms with Crippen LogP contribution in [0, 0.1) is 0 Å². The molecule has 0 saturated heterocycles. The summed E-state index contributed by atoms with van der Waals surface area (Å²) in [6.45, 7) is 0. The number of carboxylic acid groups (broad SMARTS) is 1. The maximum atomic E-state index is 11.4. The van der Waals surface area contributed by atoms with Crippen molar-refractivity contribution >= 4 is 17.6 Å². The van der Waals surface area contributed by atoms with E-state index in [2.05, 4.69) is 4.98 Å². The monoisotopic (exact) mass is 247 g/mol. The Morgan fingerprint density at radius 2 is 2.00 bits per heavy atom. The third kappa shape index (κ3) is 2.45. The first kappa shape index (κ1) is 11.6. The van der Waals surface area contributed by atoms with Crippen LogP contribution in [-0.2, 0) is 4.79 Å². The van der Waals surface area contributed by atoms with Crippen molar-refractivity contribution in [3.8, 4) is 0 Å². The van der Waals surface area contributed by atoms with Crippen LogP contribution in [0.5, 0.6) is 0 Å². The smallest absolute Gasteiger partial charge is 0.315 e. The highest BCUT2D eigenvalue weighted by Gasteiger charge is 2.24. The summed E-state index contributed by atoms with van der Waals surface area (Å²) in [6, 6.07) is 10.4. The lowest BCUT2D eigenvalue weighted by atomic mass is 9.92.